The minimum Gasteiger partial charge on any atom is -0.368 e. The van der Waals surface area contributed by atoms with Gasteiger partial charge in [-0.2, -0.15) is 0 Å². The fourth-order valence-electron chi connectivity index (χ4n) is 3.33. The predicted molar refractivity (Wildman–Crippen MR) is 112 cm³/mol. The van der Waals surface area contributed by atoms with Crippen molar-refractivity contribution in [1.82, 2.24) is 9.88 Å². The van der Waals surface area contributed by atoms with Gasteiger partial charge in [0.2, 0.25) is 5.91 Å². The van der Waals surface area contributed by atoms with Gasteiger partial charge in [-0.25, -0.2) is 9.69 Å². The number of carbonyl (C=O) groups excluding carboxylic acids is 4. The molecule has 0 bridgehead atoms. The largest absolute Gasteiger partial charge is 0.368 e. The van der Waals surface area contributed by atoms with Crippen LogP contribution in [0.4, 0.5) is 10.5 Å². The number of nitrogens with one attached hydrogen (secondary N) is 1. The Morgan fingerprint density at radius 3 is 2.47 bits per heavy atom. The van der Waals surface area contributed by atoms with Crippen molar-refractivity contribution >= 4 is 58.0 Å². The second kappa shape index (κ2) is 7.49. The van der Waals surface area contributed by atoms with Gasteiger partial charge in [-0.05, 0) is 36.4 Å². The van der Waals surface area contributed by atoms with Gasteiger partial charge < -0.3 is 10.3 Å². The molecule has 0 radical (unpaired) electrons. The molecule has 0 saturated carbocycles. The highest BCUT2D eigenvalue weighted by molar-refractivity contribution is 6.39. The van der Waals surface area contributed by atoms with Crippen LogP contribution >= 0.6 is 11.6 Å². The van der Waals surface area contributed by atoms with Crippen molar-refractivity contribution in [3.63, 3.8) is 0 Å². The molecule has 1 fully saturated rings. The number of carbonyl (C=O) groups is 4. The molecule has 2 heterocycles. The Balaban J connectivity index is 1.80. The van der Waals surface area contributed by atoms with Crippen molar-refractivity contribution in [1.29, 1.82) is 0 Å². The quantitative estimate of drug-likeness (QED) is 0.496. The minimum absolute atomic E-state index is 0.0563. The molecule has 1 aromatic heterocycles. The Morgan fingerprint density at radius 2 is 1.77 bits per heavy atom. The van der Waals surface area contributed by atoms with Gasteiger partial charge in [-0.3, -0.25) is 19.7 Å². The Morgan fingerprint density at radius 1 is 1.07 bits per heavy atom. The first kappa shape index (κ1) is 19.4. The van der Waals surface area contributed by atoms with Gasteiger partial charge in [-0.15, -0.1) is 0 Å². The lowest BCUT2D eigenvalue weighted by Gasteiger charge is -2.26. The topological polar surface area (TPSA) is 114 Å². The average molecular weight is 423 g/mol. The van der Waals surface area contributed by atoms with Gasteiger partial charge in [0.1, 0.15) is 12.1 Å². The number of nitrogens with zero attached hydrogens (tertiary/aromatic N) is 2. The summed E-state index contributed by atoms with van der Waals surface area (Å²) in [6.45, 7) is -0.0563. The molecule has 9 heteroatoms. The Kier molecular flexibility index (Phi) is 4.85. The summed E-state index contributed by atoms with van der Waals surface area (Å²) >= 11 is 5.87. The third-order valence-corrected chi connectivity index (χ3v) is 4.88. The van der Waals surface area contributed by atoms with Crippen molar-refractivity contribution in [2.75, 3.05) is 4.90 Å². The van der Waals surface area contributed by atoms with E-state index in [0.717, 1.165) is 15.8 Å². The van der Waals surface area contributed by atoms with E-state index in [0.29, 0.717) is 10.6 Å². The van der Waals surface area contributed by atoms with E-state index in [4.69, 9.17) is 17.3 Å². The van der Waals surface area contributed by atoms with E-state index in [1.165, 1.54) is 30.3 Å². The van der Waals surface area contributed by atoms with Crippen LogP contribution in [0.5, 0.6) is 0 Å². The number of benzene rings is 2. The Labute approximate surface area is 175 Å². The van der Waals surface area contributed by atoms with Crippen molar-refractivity contribution in [2.45, 2.75) is 6.54 Å². The number of imide groups is 2. The predicted octanol–water partition coefficient (Wildman–Crippen LogP) is 2.45. The zero-order chi connectivity index (χ0) is 21.4. The maximum absolute atomic E-state index is 13.0. The smallest absolute Gasteiger partial charge is 0.335 e. The lowest BCUT2D eigenvalue weighted by molar-refractivity contribution is -0.122. The molecule has 0 unspecified atom stereocenters. The van der Waals surface area contributed by atoms with Crippen LogP contribution in [-0.2, 0) is 20.9 Å². The summed E-state index contributed by atoms with van der Waals surface area (Å²) in [5, 5.41) is 3.34. The molecule has 0 atom stereocenters. The second-order valence-corrected chi connectivity index (χ2v) is 7.07. The van der Waals surface area contributed by atoms with Gasteiger partial charge in [0.15, 0.2) is 0 Å². The van der Waals surface area contributed by atoms with Gasteiger partial charge in [0.05, 0.1) is 5.69 Å². The second-order valence-electron chi connectivity index (χ2n) is 6.63. The van der Waals surface area contributed by atoms with E-state index in [2.05, 4.69) is 5.32 Å². The van der Waals surface area contributed by atoms with Crippen LogP contribution in [0.25, 0.3) is 17.0 Å². The number of fused-ring (bicyclic) bond motifs is 1. The first-order chi connectivity index (χ1) is 14.3. The molecule has 1 aliphatic rings. The maximum atomic E-state index is 13.0. The van der Waals surface area contributed by atoms with E-state index in [1.807, 2.05) is 0 Å². The molecule has 30 heavy (non-hydrogen) atoms. The molecule has 150 valence electrons. The number of nitrogens with two attached hydrogens (primary N) is 1. The summed E-state index contributed by atoms with van der Waals surface area (Å²) < 4.78 is 1.64. The number of halogens is 1. The van der Waals surface area contributed by atoms with E-state index >= 15 is 0 Å². The van der Waals surface area contributed by atoms with Crippen molar-refractivity contribution in [3.8, 4) is 0 Å². The molecule has 0 aliphatic carbocycles. The lowest BCUT2D eigenvalue weighted by atomic mass is 10.1. The van der Waals surface area contributed by atoms with Crippen LogP contribution in [0, 0.1) is 0 Å². The van der Waals surface area contributed by atoms with E-state index in [-0.39, 0.29) is 17.8 Å². The third-order valence-electron chi connectivity index (χ3n) is 4.63. The monoisotopic (exact) mass is 422 g/mol. The lowest BCUT2D eigenvalue weighted by Crippen LogP contribution is -2.54. The van der Waals surface area contributed by atoms with Crippen molar-refractivity contribution < 1.29 is 19.2 Å². The number of hydrogen-bond donors (Lipinski definition) is 2. The van der Waals surface area contributed by atoms with Crippen LogP contribution in [-0.4, -0.2) is 28.3 Å². The van der Waals surface area contributed by atoms with E-state index in [9.17, 15) is 19.2 Å². The van der Waals surface area contributed by atoms with Gasteiger partial charge in [-0.1, -0.05) is 29.8 Å². The van der Waals surface area contributed by atoms with Crippen LogP contribution in [0.3, 0.4) is 0 Å². The van der Waals surface area contributed by atoms with Crippen LogP contribution in [0.15, 0.2) is 60.3 Å². The number of rotatable bonds is 4. The highest BCUT2D eigenvalue weighted by Gasteiger charge is 2.37. The third kappa shape index (κ3) is 3.44. The van der Waals surface area contributed by atoms with Crippen molar-refractivity contribution in [3.05, 3.63) is 70.9 Å². The summed E-state index contributed by atoms with van der Waals surface area (Å²) in [6.07, 6.45) is 3.03. The molecule has 1 saturated heterocycles. The SMILES string of the molecule is NC(=O)Cn1cc(C=C2C(=O)NC(=O)N(c3ccc(Cl)cc3)C2=O)c2ccccc21. The molecular formula is C21H15ClN4O4. The number of para-hydroxylation sites is 1. The number of hydrogen-bond acceptors (Lipinski definition) is 4. The fourth-order valence-corrected chi connectivity index (χ4v) is 3.45. The molecule has 1 aliphatic heterocycles. The molecule has 3 aromatic rings. The molecule has 8 nitrogen and oxygen atoms in total. The Bertz CT molecular complexity index is 1240. The minimum atomic E-state index is -0.847. The first-order valence-electron chi connectivity index (χ1n) is 8.88. The molecule has 0 spiro atoms. The van der Waals surface area contributed by atoms with E-state index in [1.54, 1.807) is 35.0 Å². The van der Waals surface area contributed by atoms with Gasteiger partial charge in [0.25, 0.3) is 11.8 Å². The molecule has 5 amide bonds. The van der Waals surface area contributed by atoms with Gasteiger partial charge >= 0.3 is 6.03 Å². The molecule has 4 rings (SSSR count). The number of urea groups is 1. The summed E-state index contributed by atoms with van der Waals surface area (Å²) in [7, 11) is 0. The summed E-state index contributed by atoms with van der Waals surface area (Å²) in [6, 6.07) is 12.4. The first-order valence-corrected chi connectivity index (χ1v) is 9.26. The zero-order valence-corrected chi connectivity index (χ0v) is 16.2. The Hall–Kier alpha value is -3.91. The highest BCUT2D eigenvalue weighted by atomic mass is 35.5. The zero-order valence-electron chi connectivity index (χ0n) is 15.5. The number of barbiturate groups is 1. The number of anilines is 1. The fraction of sp³-hybridized carbons (Fsp3) is 0.0476. The van der Waals surface area contributed by atoms with Crippen LogP contribution in [0.1, 0.15) is 5.56 Å². The van der Waals surface area contributed by atoms with Crippen molar-refractivity contribution in [2.24, 2.45) is 5.73 Å². The molecule has 3 N–H and O–H groups in total. The van der Waals surface area contributed by atoms with Crippen LogP contribution in [0.2, 0.25) is 5.02 Å². The molecule has 2 aromatic carbocycles. The average Bonchev–Trinajstić information content (AvgIpc) is 3.03. The highest BCUT2D eigenvalue weighted by Crippen LogP contribution is 2.27. The number of primary amides is 1. The molecular weight excluding hydrogens is 408 g/mol. The number of aromatic nitrogens is 1. The number of amides is 5. The summed E-state index contributed by atoms with van der Waals surface area (Å²) in [5.74, 6) is -2.10. The summed E-state index contributed by atoms with van der Waals surface area (Å²) in [4.78, 5) is 50.0. The standard InChI is InChI=1S/C21H15ClN4O4/c22-13-5-7-14(8-6-13)26-20(29)16(19(28)24-21(26)30)9-12-10-25(11-18(23)27)17-4-2-1-3-15(12)17/h1-10H,11H2,(H2,23,27)(H,24,28,30). The van der Waals surface area contributed by atoms with Gasteiger partial charge in [0, 0.05) is 27.7 Å². The normalized spacial score (nSPS) is 15.7. The maximum Gasteiger partial charge on any atom is 0.335 e. The summed E-state index contributed by atoms with van der Waals surface area (Å²) in [5.41, 5.74) is 6.63. The van der Waals surface area contributed by atoms with E-state index < -0.39 is 23.8 Å². The van der Waals surface area contributed by atoms with Crippen LogP contribution < -0.4 is 16.0 Å².